The molecule has 2 unspecified atom stereocenters. The van der Waals surface area contributed by atoms with Crippen molar-refractivity contribution in [3.05, 3.63) is 82.7 Å². The Labute approximate surface area is 394 Å². The highest BCUT2D eigenvalue weighted by atomic mass is 19.1. The van der Waals surface area contributed by atoms with Gasteiger partial charge in [-0.25, -0.2) is 23.6 Å². The Morgan fingerprint density at radius 1 is 0.941 bits per heavy atom. The molecular weight excluding hydrogens is 890 g/mol. The van der Waals surface area contributed by atoms with E-state index in [0.717, 1.165) is 19.1 Å². The zero-order chi connectivity index (χ0) is 49.9. The number of likely N-dealkylation sites (N-methyl/N-ethyl adjacent to an activating group) is 1. The normalized spacial score (nSPS) is 32.1. The van der Waals surface area contributed by atoms with E-state index in [-0.39, 0.29) is 48.4 Å². The Balaban J connectivity index is 1.41. The standard InChI is InChI=1S/C49H62FN3O15/c1-26-31(64-42(59)36(56)35(28-15-17-30(50)18-16-28)51-43(60)68-45(3,4)5)24-49(62)40(66-41(58)29-13-11-10-12-14-29)38-47(8,32(55)23-33-48(38,25-63-33)67-27(2)54)39(57)37(34(26)46(49,6)7)65-44(61)53-21-19-52(9)20-22-53/h10-18,31-33,35-38,40,55-56,62H,19-25H2,1-9H3,(H,51,60)/t31-,32-,33+,35+,36+,37+,38?,40?,47+,48-,49+/m0/s1. The maximum absolute atomic E-state index is 16.0. The van der Waals surface area contributed by atoms with Gasteiger partial charge in [0.15, 0.2) is 23.6 Å². The highest BCUT2D eigenvalue weighted by molar-refractivity contribution is 5.95. The minimum absolute atomic E-state index is 0.0421. The van der Waals surface area contributed by atoms with Crippen LogP contribution >= 0.6 is 0 Å². The van der Waals surface area contributed by atoms with Gasteiger partial charge in [0.1, 0.15) is 35.3 Å². The van der Waals surface area contributed by atoms with Gasteiger partial charge >= 0.3 is 30.1 Å². The Morgan fingerprint density at radius 3 is 2.15 bits per heavy atom. The molecule has 0 radical (unpaired) electrons. The van der Waals surface area contributed by atoms with Crippen molar-refractivity contribution in [2.45, 2.75) is 128 Å². The van der Waals surface area contributed by atoms with Gasteiger partial charge in [0.25, 0.3) is 0 Å². The first kappa shape index (κ1) is 50.4. The first-order chi connectivity index (χ1) is 31.7. The molecule has 4 fully saturated rings. The highest BCUT2D eigenvalue weighted by Gasteiger charge is 2.78. The summed E-state index contributed by atoms with van der Waals surface area (Å²) in [7, 11) is 1.89. The molecule has 7 rings (SSSR count). The average molecular weight is 952 g/mol. The van der Waals surface area contributed by atoms with Crippen LogP contribution in [0.4, 0.5) is 14.0 Å². The number of nitrogens with one attached hydrogen (secondary N) is 1. The van der Waals surface area contributed by atoms with E-state index in [2.05, 4.69) is 5.32 Å². The molecule has 2 aromatic rings. The smallest absolute Gasteiger partial charge is 0.410 e. The minimum atomic E-state index is -2.47. The van der Waals surface area contributed by atoms with Crippen LogP contribution in [0.25, 0.3) is 0 Å². The summed E-state index contributed by atoms with van der Waals surface area (Å²) in [6, 6.07) is 10.8. The van der Waals surface area contributed by atoms with Crippen LogP contribution in [0.1, 0.15) is 90.2 Å². The van der Waals surface area contributed by atoms with Crippen molar-refractivity contribution >= 4 is 35.9 Å². The molecule has 4 N–H and O–H groups in total. The quantitative estimate of drug-likeness (QED) is 0.159. The number of piperazine rings is 1. The first-order valence-corrected chi connectivity index (χ1v) is 22.8. The number of hydrogen-bond acceptors (Lipinski definition) is 16. The average Bonchev–Trinajstić information content (AvgIpc) is 3.26. The van der Waals surface area contributed by atoms with E-state index in [9.17, 15) is 43.7 Å². The summed E-state index contributed by atoms with van der Waals surface area (Å²) in [5, 5.41) is 40.5. The molecule has 2 amide bonds. The van der Waals surface area contributed by atoms with Gasteiger partial charge in [-0.3, -0.25) is 9.59 Å². The molecule has 2 saturated heterocycles. The lowest BCUT2D eigenvalue weighted by atomic mass is 9.44. The third-order valence-corrected chi connectivity index (χ3v) is 14.6. The Hall–Kier alpha value is -5.47. The van der Waals surface area contributed by atoms with Crippen LogP contribution < -0.4 is 5.32 Å². The molecule has 19 heteroatoms. The molecule has 2 heterocycles. The number of aliphatic hydroxyl groups excluding tert-OH is 2. The maximum atomic E-state index is 16.0. The van der Waals surface area contributed by atoms with E-state index in [1.54, 1.807) is 52.8 Å². The third kappa shape index (κ3) is 8.98. The van der Waals surface area contributed by atoms with Gasteiger partial charge in [-0.1, -0.05) is 44.2 Å². The number of ketones is 1. The van der Waals surface area contributed by atoms with Crippen LogP contribution in [-0.4, -0.2) is 154 Å². The fourth-order valence-electron chi connectivity index (χ4n) is 10.8. The van der Waals surface area contributed by atoms with Crippen LogP contribution in [0.15, 0.2) is 65.7 Å². The molecule has 2 aromatic carbocycles. The summed E-state index contributed by atoms with van der Waals surface area (Å²) in [5.74, 6) is -6.26. The highest BCUT2D eigenvalue weighted by Crippen LogP contribution is 2.64. The molecule has 0 aromatic heterocycles. The Morgan fingerprint density at radius 2 is 1.57 bits per heavy atom. The number of hydrogen-bond donors (Lipinski definition) is 4. The second-order valence-corrected chi connectivity index (χ2v) is 20.4. The SMILES string of the molecule is CC(=O)O[C@@]12CO[C@@H]1C[C@H](O)[C@@]1(C)C(=O)[C@H](OC(=O)N3CCN(C)CC3)C3=C(C)[C@@H](OC(=O)[C@H](O)[C@H](NC(=O)OC(C)(C)C)c4ccc(F)cc4)C[C@@](O)(C(OC(=O)c4ccccc4)C12)C3(C)C. The number of ether oxygens (including phenoxy) is 6. The van der Waals surface area contributed by atoms with E-state index in [0.29, 0.717) is 13.1 Å². The number of carbonyl (C=O) groups is 6. The monoisotopic (exact) mass is 951 g/mol. The predicted octanol–water partition coefficient (Wildman–Crippen LogP) is 3.79. The van der Waals surface area contributed by atoms with Crippen LogP contribution in [0.3, 0.4) is 0 Å². The largest absolute Gasteiger partial charge is 0.456 e. The van der Waals surface area contributed by atoms with Gasteiger partial charge in [0.2, 0.25) is 0 Å². The van der Waals surface area contributed by atoms with Gasteiger partial charge in [-0.15, -0.1) is 0 Å². The fourth-order valence-corrected chi connectivity index (χ4v) is 10.8. The number of nitrogens with zero attached hydrogens (tertiary/aromatic N) is 2. The summed E-state index contributed by atoms with van der Waals surface area (Å²) in [4.78, 5) is 88.9. The van der Waals surface area contributed by atoms with Gasteiger partial charge in [-0.05, 0) is 82.6 Å². The number of fused-ring (bicyclic) bond motifs is 5. The molecule has 3 aliphatic carbocycles. The molecule has 0 spiro atoms. The van der Waals surface area contributed by atoms with Crippen molar-refractivity contribution in [2.24, 2.45) is 16.7 Å². The van der Waals surface area contributed by atoms with Crippen LogP contribution in [0.2, 0.25) is 0 Å². The molecule has 68 heavy (non-hydrogen) atoms. The summed E-state index contributed by atoms with van der Waals surface area (Å²) in [6.45, 7) is 13.1. The maximum Gasteiger partial charge on any atom is 0.410 e. The van der Waals surface area contributed by atoms with Crippen molar-refractivity contribution in [1.82, 2.24) is 15.1 Å². The molecule has 11 atom stereocenters. The summed E-state index contributed by atoms with van der Waals surface area (Å²) in [5.41, 5.74) is -8.96. The molecule has 2 saturated carbocycles. The molecule has 2 bridgehead atoms. The Bertz CT molecular complexity index is 2330. The first-order valence-electron chi connectivity index (χ1n) is 22.8. The lowest BCUT2D eigenvalue weighted by molar-refractivity contribution is -0.345. The number of amides is 2. The number of halogens is 1. The number of esters is 3. The van der Waals surface area contributed by atoms with E-state index in [4.69, 9.17) is 28.4 Å². The van der Waals surface area contributed by atoms with Crippen LogP contribution in [0, 0.1) is 22.6 Å². The van der Waals surface area contributed by atoms with Gasteiger partial charge in [-0.2, -0.15) is 0 Å². The molecule has 18 nitrogen and oxygen atoms in total. The number of aliphatic hydroxyl groups is 3. The zero-order valence-corrected chi connectivity index (χ0v) is 39.8. The molecular formula is C49H62FN3O15. The Kier molecular flexibility index (Phi) is 13.7. The van der Waals surface area contributed by atoms with Gasteiger partial charge in [0.05, 0.1) is 35.6 Å². The van der Waals surface area contributed by atoms with Crippen molar-refractivity contribution in [1.29, 1.82) is 0 Å². The lowest BCUT2D eigenvalue weighted by Crippen LogP contribution is -2.82. The number of alkyl carbamates (subject to hydrolysis) is 1. The van der Waals surface area contributed by atoms with E-state index in [1.807, 2.05) is 11.9 Å². The van der Waals surface area contributed by atoms with Crippen molar-refractivity contribution in [2.75, 3.05) is 39.8 Å². The third-order valence-electron chi connectivity index (χ3n) is 14.6. The second kappa shape index (κ2) is 18.5. The summed E-state index contributed by atoms with van der Waals surface area (Å²) >= 11 is 0. The van der Waals surface area contributed by atoms with Crippen LogP contribution in [-0.2, 0) is 42.8 Å². The topological polar surface area (TPSA) is 237 Å². The number of Topliss-reactive ketones (excluding diaryl/α,β-unsaturated/α-hetero) is 1. The number of carbonyl (C=O) groups excluding carboxylic acids is 6. The van der Waals surface area contributed by atoms with E-state index >= 15 is 4.79 Å². The van der Waals surface area contributed by atoms with Crippen LogP contribution in [0.5, 0.6) is 0 Å². The minimum Gasteiger partial charge on any atom is -0.456 e. The summed E-state index contributed by atoms with van der Waals surface area (Å²) in [6.07, 6.45) is -13.0. The van der Waals surface area contributed by atoms with Gasteiger partial charge in [0, 0.05) is 51.4 Å². The summed E-state index contributed by atoms with van der Waals surface area (Å²) < 4.78 is 50.5. The number of rotatable bonds is 9. The van der Waals surface area contributed by atoms with E-state index in [1.165, 1.54) is 43.0 Å². The van der Waals surface area contributed by atoms with Crippen molar-refractivity contribution in [3.63, 3.8) is 0 Å². The van der Waals surface area contributed by atoms with Gasteiger partial charge < -0.3 is 58.9 Å². The fraction of sp³-hybridized carbons (Fsp3) is 0.592. The lowest BCUT2D eigenvalue weighted by Gasteiger charge is -2.67. The van der Waals surface area contributed by atoms with E-state index < -0.39 is 124 Å². The van der Waals surface area contributed by atoms with Crippen molar-refractivity contribution in [3.8, 4) is 0 Å². The zero-order valence-electron chi connectivity index (χ0n) is 39.8. The van der Waals surface area contributed by atoms with Crippen molar-refractivity contribution < 1.29 is 76.9 Å². The second-order valence-electron chi connectivity index (χ2n) is 20.4. The predicted molar refractivity (Wildman–Crippen MR) is 237 cm³/mol. The molecule has 370 valence electrons. The molecule has 5 aliphatic rings. The molecule has 2 aliphatic heterocycles. The number of benzene rings is 2.